The van der Waals surface area contributed by atoms with E-state index in [0.717, 1.165) is 10.0 Å². The highest BCUT2D eigenvalue weighted by Crippen LogP contribution is 2.07. The van der Waals surface area contributed by atoms with E-state index in [4.69, 9.17) is 5.11 Å². The van der Waals surface area contributed by atoms with Crippen molar-refractivity contribution >= 4 is 28.1 Å². The van der Waals surface area contributed by atoms with E-state index < -0.39 is 12.6 Å². The summed E-state index contributed by atoms with van der Waals surface area (Å²) in [5, 5.41) is 11.7. The SMILES string of the molecule is O=C(O)CO/N=C/c1cncc(Br)c1. The van der Waals surface area contributed by atoms with Crippen LogP contribution in [0, 0.1) is 0 Å². The van der Waals surface area contributed by atoms with E-state index in [1.165, 1.54) is 6.21 Å². The van der Waals surface area contributed by atoms with Gasteiger partial charge >= 0.3 is 5.97 Å². The molecular formula is C8H7BrN2O3. The smallest absolute Gasteiger partial charge is 0.344 e. The van der Waals surface area contributed by atoms with E-state index in [9.17, 15) is 4.79 Å². The van der Waals surface area contributed by atoms with Gasteiger partial charge < -0.3 is 9.94 Å². The molecule has 14 heavy (non-hydrogen) atoms. The molecule has 1 N–H and O–H groups in total. The van der Waals surface area contributed by atoms with Gasteiger partial charge in [0.1, 0.15) is 0 Å². The minimum atomic E-state index is -1.06. The number of aromatic nitrogens is 1. The number of rotatable bonds is 4. The summed E-state index contributed by atoms with van der Waals surface area (Å²) in [6.45, 7) is -0.446. The third-order valence-electron chi connectivity index (χ3n) is 1.19. The van der Waals surface area contributed by atoms with Gasteiger partial charge in [0.2, 0.25) is 6.61 Å². The molecule has 6 heteroatoms. The number of aliphatic carboxylic acids is 1. The quantitative estimate of drug-likeness (QED) is 0.653. The molecule has 1 aromatic rings. The maximum absolute atomic E-state index is 10.0. The van der Waals surface area contributed by atoms with Crippen molar-refractivity contribution in [2.75, 3.05) is 6.61 Å². The van der Waals surface area contributed by atoms with Crippen molar-refractivity contribution < 1.29 is 14.7 Å². The van der Waals surface area contributed by atoms with Gasteiger partial charge in [0.25, 0.3) is 0 Å². The first-order valence-electron chi connectivity index (χ1n) is 3.66. The highest BCUT2D eigenvalue weighted by atomic mass is 79.9. The lowest BCUT2D eigenvalue weighted by atomic mass is 10.3. The van der Waals surface area contributed by atoms with Gasteiger partial charge in [-0.05, 0) is 22.0 Å². The Morgan fingerprint density at radius 2 is 2.50 bits per heavy atom. The van der Waals surface area contributed by atoms with Gasteiger partial charge in [0.15, 0.2) is 0 Å². The van der Waals surface area contributed by atoms with Crippen LogP contribution in [0.25, 0.3) is 0 Å². The molecule has 74 valence electrons. The zero-order chi connectivity index (χ0) is 10.4. The van der Waals surface area contributed by atoms with Crippen molar-refractivity contribution in [3.8, 4) is 0 Å². The largest absolute Gasteiger partial charge is 0.479 e. The average Bonchev–Trinajstić information content (AvgIpc) is 2.12. The number of carboxylic acid groups (broad SMARTS) is 1. The minimum absolute atomic E-state index is 0.446. The first kappa shape index (κ1) is 10.6. The average molecular weight is 259 g/mol. The van der Waals surface area contributed by atoms with Crippen LogP contribution in [-0.4, -0.2) is 28.9 Å². The fraction of sp³-hybridized carbons (Fsp3) is 0.125. The van der Waals surface area contributed by atoms with Crippen LogP contribution in [0.15, 0.2) is 28.1 Å². The third kappa shape index (κ3) is 3.99. The van der Waals surface area contributed by atoms with E-state index in [-0.39, 0.29) is 0 Å². The van der Waals surface area contributed by atoms with Gasteiger partial charge in [-0.1, -0.05) is 5.16 Å². The van der Waals surface area contributed by atoms with E-state index in [1.807, 2.05) is 0 Å². The Morgan fingerprint density at radius 1 is 1.71 bits per heavy atom. The molecule has 0 unspecified atom stereocenters. The molecule has 0 aromatic carbocycles. The number of hydrogen-bond acceptors (Lipinski definition) is 4. The Hall–Kier alpha value is -1.43. The summed E-state index contributed by atoms with van der Waals surface area (Å²) in [6, 6.07) is 1.78. The van der Waals surface area contributed by atoms with Gasteiger partial charge in [-0.3, -0.25) is 4.98 Å². The standard InChI is InChI=1S/C8H7BrN2O3/c9-7-1-6(2-10-4-7)3-11-14-5-8(12)13/h1-4H,5H2,(H,12,13)/b11-3+. The number of pyridine rings is 1. The molecule has 0 saturated heterocycles. The number of carboxylic acids is 1. The molecule has 0 spiro atoms. The number of hydrogen-bond donors (Lipinski definition) is 1. The summed E-state index contributed by atoms with van der Waals surface area (Å²) in [5.74, 6) is -1.06. The number of nitrogens with zero attached hydrogens (tertiary/aromatic N) is 2. The minimum Gasteiger partial charge on any atom is -0.479 e. The second-order valence-electron chi connectivity index (χ2n) is 2.34. The lowest BCUT2D eigenvalue weighted by molar-refractivity contribution is -0.142. The molecule has 0 radical (unpaired) electrons. The Labute approximate surface area is 88.5 Å². The highest BCUT2D eigenvalue weighted by Gasteiger charge is 1.94. The molecule has 0 saturated carbocycles. The predicted molar refractivity (Wildman–Crippen MR) is 53.1 cm³/mol. The van der Waals surface area contributed by atoms with Crippen LogP contribution in [0.1, 0.15) is 5.56 Å². The van der Waals surface area contributed by atoms with Crippen LogP contribution in [0.5, 0.6) is 0 Å². The van der Waals surface area contributed by atoms with Crippen LogP contribution in [0.3, 0.4) is 0 Å². The molecular weight excluding hydrogens is 252 g/mol. The molecule has 0 amide bonds. The van der Waals surface area contributed by atoms with E-state index in [2.05, 4.69) is 30.9 Å². The van der Waals surface area contributed by atoms with Crippen molar-refractivity contribution in [2.24, 2.45) is 5.16 Å². The van der Waals surface area contributed by atoms with Crippen molar-refractivity contribution in [3.63, 3.8) is 0 Å². The topological polar surface area (TPSA) is 71.8 Å². The molecule has 0 bridgehead atoms. The van der Waals surface area contributed by atoms with Gasteiger partial charge in [0.05, 0.1) is 6.21 Å². The first-order valence-corrected chi connectivity index (χ1v) is 4.45. The Balaban J connectivity index is 2.47. The summed E-state index contributed by atoms with van der Waals surface area (Å²) in [7, 11) is 0. The van der Waals surface area contributed by atoms with E-state index >= 15 is 0 Å². The molecule has 0 aliphatic rings. The number of carbonyl (C=O) groups is 1. The highest BCUT2D eigenvalue weighted by molar-refractivity contribution is 9.10. The van der Waals surface area contributed by atoms with Crippen molar-refractivity contribution in [2.45, 2.75) is 0 Å². The van der Waals surface area contributed by atoms with Gasteiger partial charge in [-0.15, -0.1) is 0 Å². The molecule has 0 aliphatic carbocycles. The summed E-state index contributed by atoms with van der Waals surface area (Å²) in [4.78, 5) is 18.4. The Kier molecular flexibility index (Phi) is 4.06. The third-order valence-corrected chi connectivity index (χ3v) is 1.62. The molecule has 0 atom stereocenters. The maximum Gasteiger partial charge on any atom is 0.344 e. The molecule has 0 fully saturated rings. The van der Waals surface area contributed by atoms with Crippen LogP contribution in [-0.2, 0) is 9.63 Å². The Morgan fingerprint density at radius 3 is 3.14 bits per heavy atom. The van der Waals surface area contributed by atoms with E-state index in [1.54, 1.807) is 18.5 Å². The van der Waals surface area contributed by atoms with Crippen molar-refractivity contribution in [1.82, 2.24) is 4.98 Å². The molecule has 0 aliphatic heterocycles. The summed E-state index contributed by atoms with van der Waals surface area (Å²) >= 11 is 3.24. The van der Waals surface area contributed by atoms with Crippen LogP contribution < -0.4 is 0 Å². The van der Waals surface area contributed by atoms with Gasteiger partial charge in [-0.25, -0.2) is 4.79 Å². The Bertz CT molecular complexity index is 354. The van der Waals surface area contributed by atoms with Crippen molar-refractivity contribution in [3.05, 3.63) is 28.5 Å². The second kappa shape index (κ2) is 5.33. The lowest BCUT2D eigenvalue weighted by Gasteiger charge is -1.94. The molecule has 1 rings (SSSR count). The fourth-order valence-electron chi connectivity index (χ4n) is 0.690. The van der Waals surface area contributed by atoms with Gasteiger partial charge in [0, 0.05) is 22.4 Å². The predicted octanol–water partition coefficient (Wildman–Crippen LogP) is 1.28. The van der Waals surface area contributed by atoms with Crippen molar-refractivity contribution in [1.29, 1.82) is 0 Å². The summed E-state index contributed by atoms with van der Waals surface area (Å²) < 4.78 is 0.819. The number of halogens is 1. The zero-order valence-electron chi connectivity index (χ0n) is 7.05. The van der Waals surface area contributed by atoms with Crippen LogP contribution in [0.4, 0.5) is 0 Å². The van der Waals surface area contributed by atoms with Crippen LogP contribution in [0.2, 0.25) is 0 Å². The lowest BCUT2D eigenvalue weighted by Crippen LogP contribution is -2.03. The first-order chi connectivity index (χ1) is 6.68. The molecule has 5 nitrogen and oxygen atoms in total. The van der Waals surface area contributed by atoms with E-state index in [0.29, 0.717) is 0 Å². The second-order valence-corrected chi connectivity index (χ2v) is 3.25. The monoisotopic (exact) mass is 258 g/mol. The number of oxime groups is 1. The fourth-order valence-corrected chi connectivity index (χ4v) is 1.07. The molecule has 1 aromatic heterocycles. The summed E-state index contributed by atoms with van der Waals surface area (Å²) in [5.41, 5.74) is 0.727. The normalized spacial score (nSPS) is 10.4. The maximum atomic E-state index is 10.0. The summed E-state index contributed by atoms with van der Waals surface area (Å²) in [6.07, 6.45) is 4.61. The molecule has 1 heterocycles. The van der Waals surface area contributed by atoms with Gasteiger partial charge in [-0.2, -0.15) is 0 Å². The zero-order valence-corrected chi connectivity index (χ0v) is 8.64. The van der Waals surface area contributed by atoms with Crippen LogP contribution >= 0.6 is 15.9 Å².